The highest BCUT2D eigenvalue weighted by molar-refractivity contribution is 5.73. The van der Waals surface area contributed by atoms with Gasteiger partial charge in [-0.15, -0.1) is 0 Å². The van der Waals surface area contributed by atoms with Gasteiger partial charge >= 0.3 is 0 Å². The van der Waals surface area contributed by atoms with E-state index in [9.17, 15) is 4.79 Å². The fraction of sp³-hybridized carbons (Fsp3) is 0.812. The van der Waals surface area contributed by atoms with Gasteiger partial charge in [0.25, 0.3) is 0 Å². The van der Waals surface area contributed by atoms with Crippen LogP contribution in [0.4, 0.5) is 0 Å². The number of hydrogen-bond donors (Lipinski definition) is 0. The zero-order valence-electron chi connectivity index (χ0n) is 12.5. The van der Waals surface area contributed by atoms with Crippen molar-refractivity contribution in [2.24, 2.45) is 5.92 Å². The van der Waals surface area contributed by atoms with E-state index in [0.29, 0.717) is 6.61 Å². The summed E-state index contributed by atoms with van der Waals surface area (Å²) in [6, 6.07) is 0.272. The summed E-state index contributed by atoms with van der Waals surface area (Å²) in [6.45, 7) is 6.44. The summed E-state index contributed by atoms with van der Waals surface area (Å²) in [5, 5.41) is 0. The summed E-state index contributed by atoms with van der Waals surface area (Å²) in [5.74, 6) is 0.998. The van der Waals surface area contributed by atoms with Gasteiger partial charge in [0.2, 0.25) is 5.91 Å². The SMILES string of the molecule is CC(=O)N1CCO[C@H]2CCN(C[C@@H]3CC=CCC3)C[C@@H]21. The highest BCUT2D eigenvalue weighted by Crippen LogP contribution is 2.26. The van der Waals surface area contributed by atoms with Gasteiger partial charge in [-0.2, -0.15) is 0 Å². The lowest BCUT2D eigenvalue weighted by atomic mass is 9.92. The van der Waals surface area contributed by atoms with Crippen LogP contribution in [0.3, 0.4) is 0 Å². The fourth-order valence-corrected chi connectivity index (χ4v) is 3.88. The van der Waals surface area contributed by atoms with Gasteiger partial charge in [-0.3, -0.25) is 4.79 Å². The number of rotatable bonds is 2. The third-order valence-electron chi connectivity index (χ3n) is 4.97. The number of carbonyl (C=O) groups is 1. The minimum absolute atomic E-state index is 0.200. The monoisotopic (exact) mass is 278 g/mol. The van der Waals surface area contributed by atoms with Crippen LogP contribution in [-0.4, -0.2) is 60.6 Å². The molecule has 2 heterocycles. The molecule has 3 rings (SSSR count). The van der Waals surface area contributed by atoms with Crippen LogP contribution in [-0.2, 0) is 9.53 Å². The van der Waals surface area contributed by atoms with Crippen LogP contribution in [0.15, 0.2) is 12.2 Å². The molecule has 0 bridgehead atoms. The highest BCUT2D eigenvalue weighted by atomic mass is 16.5. The summed E-state index contributed by atoms with van der Waals surface area (Å²) in [7, 11) is 0. The number of amides is 1. The molecule has 20 heavy (non-hydrogen) atoms. The number of fused-ring (bicyclic) bond motifs is 1. The minimum atomic E-state index is 0.200. The van der Waals surface area contributed by atoms with Gasteiger partial charge in [0.1, 0.15) is 0 Å². The van der Waals surface area contributed by atoms with E-state index in [1.165, 1.54) is 25.8 Å². The number of hydrogen-bond acceptors (Lipinski definition) is 3. The summed E-state index contributed by atoms with van der Waals surface area (Å²) in [5.41, 5.74) is 0. The van der Waals surface area contributed by atoms with E-state index in [-0.39, 0.29) is 18.1 Å². The fourth-order valence-electron chi connectivity index (χ4n) is 3.88. The van der Waals surface area contributed by atoms with Crippen molar-refractivity contribution in [2.45, 2.75) is 44.8 Å². The normalized spacial score (nSPS) is 34.9. The molecule has 0 saturated carbocycles. The first-order valence-corrected chi connectivity index (χ1v) is 8.00. The Kier molecular flexibility index (Phi) is 4.41. The molecule has 0 N–H and O–H groups in total. The Morgan fingerprint density at radius 1 is 1.30 bits per heavy atom. The van der Waals surface area contributed by atoms with Crippen molar-refractivity contribution in [3.05, 3.63) is 12.2 Å². The van der Waals surface area contributed by atoms with Crippen LogP contribution in [0.5, 0.6) is 0 Å². The molecule has 0 radical (unpaired) electrons. The van der Waals surface area contributed by atoms with Crippen molar-refractivity contribution < 1.29 is 9.53 Å². The van der Waals surface area contributed by atoms with Crippen molar-refractivity contribution in [1.82, 2.24) is 9.80 Å². The predicted octanol–water partition coefficient (Wildman–Crippen LogP) is 1.66. The lowest BCUT2D eigenvalue weighted by molar-refractivity contribution is -0.150. The topological polar surface area (TPSA) is 32.8 Å². The molecule has 2 aliphatic heterocycles. The van der Waals surface area contributed by atoms with Crippen molar-refractivity contribution >= 4 is 5.91 Å². The number of allylic oxidation sites excluding steroid dienone is 2. The van der Waals surface area contributed by atoms with Crippen molar-refractivity contribution in [1.29, 1.82) is 0 Å². The van der Waals surface area contributed by atoms with E-state index in [2.05, 4.69) is 17.1 Å². The Morgan fingerprint density at radius 2 is 2.20 bits per heavy atom. The molecular formula is C16H26N2O2. The van der Waals surface area contributed by atoms with E-state index < -0.39 is 0 Å². The molecular weight excluding hydrogens is 252 g/mol. The molecule has 0 spiro atoms. The molecule has 0 aromatic carbocycles. The number of nitrogens with zero attached hydrogens (tertiary/aromatic N) is 2. The molecule has 1 aliphatic carbocycles. The molecule has 1 amide bonds. The predicted molar refractivity (Wildman–Crippen MR) is 78.5 cm³/mol. The van der Waals surface area contributed by atoms with Crippen LogP contribution >= 0.6 is 0 Å². The Hall–Kier alpha value is -0.870. The molecule has 112 valence electrons. The first kappa shape index (κ1) is 14.1. The van der Waals surface area contributed by atoms with Crippen LogP contribution in [0, 0.1) is 5.92 Å². The third-order valence-corrected chi connectivity index (χ3v) is 4.97. The number of ether oxygens (including phenoxy) is 1. The second-order valence-electron chi connectivity index (χ2n) is 6.39. The van der Waals surface area contributed by atoms with Gasteiger partial charge in [-0.05, 0) is 31.6 Å². The summed E-state index contributed by atoms with van der Waals surface area (Å²) in [6.07, 6.45) is 9.72. The van der Waals surface area contributed by atoms with E-state index in [0.717, 1.165) is 32.0 Å². The van der Waals surface area contributed by atoms with Gasteiger partial charge in [-0.1, -0.05) is 12.2 Å². The summed E-state index contributed by atoms with van der Waals surface area (Å²) < 4.78 is 5.87. The summed E-state index contributed by atoms with van der Waals surface area (Å²) in [4.78, 5) is 16.4. The van der Waals surface area contributed by atoms with E-state index in [1.807, 2.05) is 4.90 Å². The Labute approximate surface area is 121 Å². The Morgan fingerprint density at radius 3 is 2.95 bits per heavy atom. The molecule has 0 aromatic rings. The average molecular weight is 278 g/mol. The maximum atomic E-state index is 11.8. The van der Waals surface area contributed by atoms with E-state index >= 15 is 0 Å². The number of carbonyl (C=O) groups excluding carboxylic acids is 1. The molecule has 0 aromatic heterocycles. The molecule has 0 unspecified atom stereocenters. The van der Waals surface area contributed by atoms with Gasteiger partial charge in [0, 0.05) is 33.1 Å². The van der Waals surface area contributed by atoms with Crippen LogP contribution in [0.2, 0.25) is 0 Å². The number of piperidine rings is 1. The maximum absolute atomic E-state index is 11.8. The van der Waals surface area contributed by atoms with Crippen molar-refractivity contribution in [3.8, 4) is 0 Å². The first-order valence-electron chi connectivity index (χ1n) is 8.00. The van der Waals surface area contributed by atoms with Gasteiger partial charge in [0.15, 0.2) is 0 Å². The van der Waals surface area contributed by atoms with Gasteiger partial charge < -0.3 is 14.5 Å². The third kappa shape index (κ3) is 3.07. The quantitative estimate of drug-likeness (QED) is 0.720. The zero-order valence-corrected chi connectivity index (χ0v) is 12.5. The molecule has 4 nitrogen and oxygen atoms in total. The average Bonchev–Trinajstić information content (AvgIpc) is 2.47. The lowest BCUT2D eigenvalue weighted by Crippen LogP contribution is -2.61. The van der Waals surface area contributed by atoms with Crippen LogP contribution in [0.25, 0.3) is 0 Å². The Balaban J connectivity index is 1.59. The van der Waals surface area contributed by atoms with Gasteiger partial charge in [0.05, 0.1) is 18.8 Å². The summed E-state index contributed by atoms with van der Waals surface area (Å²) >= 11 is 0. The van der Waals surface area contributed by atoms with Crippen molar-refractivity contribution in [3.63, 3.8) is 0 Å². The minimum Gasteiger partial charge on any atom is -0.374 e. The molecule has 2 saturated heterocycles. The smallest absolute Gasteiger partial charge is 0.219 e. The maximum Gasteiger partial charge on any atom is 0.219 e. The largest absolute Gasteiger partial charge is 0.374 e. The lowest BCUT2D eigenvalue weighted by Gasteiger charge is -2.47. The second kappa shape index (κ2) is 6.27. The molecule has 4 heteroatoms. The highest BCUT2D eigenvalue weighted by Gasteiger charge is 2.38. The van der Waals surface area contributed by atoms with Gasteiger partial charge in [-0.25, -0.2) is 0 Å². The van der Waals surface area contributed by atoms with E-state index in [4.69, 9.17) is 4.74 Å². The van der Waals surface area contributed by atoms with Crippen molar-refractivity contribution in [2.75, 3.05) is 32.8 Å². The second-order valence-corrected chi connectivity index (χ2v) is 6.39. The van der Waals surface area contributed by atoms with Crippen LogP contribution < -0.4 is 0 Å². The molecule has 3 atom stereocenters. The Bertz CT molecular complexity index is 383. The number of morpholine rings is 1. The molecule has 2 fully saturated rings. The van der Waals surface area contributed by atoms with Crippen LogP contribution in [0.1, 0.15) is 32.6 Å². The first-order chi connectivity index (χ1) is 9.74. The molecule has 3 aliphatic rings. The zero-order chi connectivity index (χ0) is 13.9. The number of likely N-dealkylation sites (tertiary alicyclic amines) is 1. The standard InChI is InChI=1S/C16H26N2O2/c1-13(19)18-9-10-20-16-7-8-17(12-15(16)18)11-14-5-3-2-4-6-14/h2-3,14-16H,4-12H2,1H3/t14-,15+,16+/m1/s1. The van der Waals surface area contributed by atoms with E-state index in [1.54, 1.807) is 6.92 Å².